The van der Waals surface area contributed by atoms with Crippen LogP contribution in [0.25, 0.3) is 21.5 Å². The number of unbranched alkanes of at least 4 members (excludes halogenated alkanes) is 2. The van der Waals surface area contributed by atoms with Gasteiger partial charge in [0.05, 0.1) is 0 Å². The van der Waals surface area contributed by atoms with Gasteiger partial charge in [-0.1, -0.05) is 70.0 Å². The van der Waals surface area contributed by atoms with Crippen LogP contribution in [0.2, 0.25) is 0 Å². The first-order chi connectivity index (χ1) is 19.3. The van der Waals surface area contributed by atoms with Crippen molar-refractivity contribution in [2.24, 2.45) is 0 Å². The lowest BCUT2D eigenvalue weighted by Crippen LogP contribution is -2.35. The molecule has 224 valence electrons. The zero-order valence-corrected chi connectivity index (χ0v) is 26.4. The van der Waals surface area contributed by atoms with Gasteiger partial charge in [-0.15, -0.1) is 0 Å². The molecule has 0 N–H and O–H groups in total. The Balaban J connectivity index is 2.21. The maximum absolute atomic E-state index is 13.1. The number of carbonyl (C=O) groups is 2. The number of rotatable bonds is 12. The van der Waals surface area contributed by atoms with Crippen LogP contribution < -0.4 is 9.47 Å². The highest BCUT2D eigenvalue weighted by Crippen LogP contribution is 2.44. The van der Waals surface area contributed by atoms with Gasteiger partial charge in [-0.25, -0.2) is 9.59 Å². The average molecular weight is 565 g/mol. The standard InChI is InChI=1S/C35H48O6/c1-10-13-14-17-23-20-21-26-27(22-23)31(39-29(12-3)33(37)41-35(7,8)9)25-19-16-15-18-24(25)30(26)38-28(11-2)32(36)40-34(4,5)6/h15-16,18-22,28-29H,10-14,17H2,1-9H3. The first kappa shape index (κ1) is 32.2. The molecule has 3 rings (SSSR count). The van der Waals surface area contributed by atoms with E-state index in [1.807, 2.05) is 85.7 Å². The van der Waals surface area contributed by atoms with E-state index in [9.17, 15) is 9.59 Å². The van der Waals surface area contributed by atoms with Crippen molar-refractivity contribution in [3.8, 4) is 11.5 Å². The number of benzene rings is 3. The third-order valence-electron chi connectivity index (χ3n) is 6.66. The van der Waals surface area contributed by atoms with Crippen LogP contribution in [0, 0.1) is 0 Å². The van der Waals surface area contributed by atoms with Gasteiger partial charge in [-0.2, -0.15) is 0 Å². The van der Waals surface area contributed by atoms with E-state index in [0.717, 1.165) is 47.2 Å². The molecule has 0 aliphatic heterocycles. The van der Waals surface area contributed by atoms with Crippen LogP contribution >= 0.6 is 0 Å². The third kappa shape index (κ3) is 8.61. The third-order valence-corrected chi connectivity index (χ3v) is 6.66. The summed E-state index contributed by atoms with van der Waals surface area (Å²) in [5.74, 6) is 0.423. The SMILES string of the molecule is CCCCCc1ccc2c(OC(CC)C(=O)OC(C)(C)C)c3ccccc3c(OC(CC)C(=O)OC(C)(C)C)c2c1. The normalized spacial score (nSPS) is 13.6. The Bertz CT molecular complexity index is 1340. The second kappa shape index (κ2) is 13.6. The highest BCUT2D eigenvalue weighted by Gasteiger charge is 2.30. The minimum absolute atomic E-state index is 0.396. The molecule has 0 fully saturated rings. The number of ether oxygens (including phenoxy) is 4. The highest BCUT2D eigenvalue weighted by atomic mass is 16.6. The predicted octanol–water partition coefficient (Wildman–Crippen LogP) is 8.72. The second-order valence-electron chi connectivity index (χ2n) is 12.6. The predicted molar refractivity (Wildman–Crippen MR) is 166 cm³/mol. The number of aryl methyl sites for hydroxylation is 1. The zero-order chi connectivity index (χ0) is 30.4. The summed E-state index contributed by atoms with van der Waals surface area (Å²) < 4.78 is 24.4. The summed E-state index contributed by atoms with van der Waals surface area (Å²) in [5.41, 5.74) is -0.0691. The Morgan fingerprint density at radius 1 is 0.659 bits per heavy atom. The van der Waals surface area contributed by atoms with Crippen LogP contribution in [0.1, 0.15) is 100.0 Å². The first-order valence-electron chi connectivity index (χ1n) is 15.0. The van der Waals surface area contributed by atoms with Crippen LogP contribution in [0.4, 0.5) is 0 Å². The molecule has 0 radical (unpaired) electrons. The number of fused-ring (bicyclic) bond motifs is 2. The molecule has 0 aromatic heterocycles. The van der Waals surface area contributed by atoms with Gasteiger partial charge in [0.15, 0.2) is 12.2 Å². The van der Waals surface area contributed by atoms with Crippen LogP contribution in [-0.4, -0.2) is 35.3 Å². The van der Waals surface area contributed by atoms with E-state index in [-0.39, 0.29) is 0 Å². The minimum atomic E-state index is -0.776. The maximum Gasteiger partial charge on any atom is 0.347 e. The smallest absolute Gasteiger partial charge is 0.347 e. The molecule has 0 spiro atoms. The van der Waals surface area contributed by atoms with Crippen molar-refractivity contribution in [3.05, 3.63) is 48.0 Å². The van der Waals surface area contributed by atoms with E-state index < -0.39 is 35.3 Å². The molecular weight excluding hydrogens is 516 g/mol. The van der Waals surface area contributed by atoms with E-state index in [0.29, 0.717) is 24.3 Å². The van der Waals surface area contributed by atoms with Crippen LogP contribution in [0.15, 0.2) is 42.5 Å². The van der Waals surface area contributed by atoms with Crippen molar-refractivity contribution >= 4 is 33.5 Å². The molecule has 0 saturated carbocycles. The largest absolute Gasteiger partial charge is 0.477 e. The maximum atomic E-state index is 13.1. The number of carbonyl (C=O) groups excluding carboxylic acids is 2. The van der Waals surface area contributed by atoms with Crippen molar-refractivity contribution in [3.63, 3.8) is 0 Å². The summed E-state index contributed by atoms with van der Waals surface area (Å²) in [4.78, 5) is 26.2. The lowest BCUT2D eigenvalue weighted by atomic mass is 9.96. The van der Waals surface area contributed by atoms with E-state index in [1.165, 1.54) is 5.56 Å². The van der Waals surface area contributed by atoms with Crippen molar-refractivity contribution in [2.45, 2.75) is 124 Å². The van der Waals surface area contributed by atoms with Gasteiger partial charge in [0.25, 0.3) is 0 Å². The van der Waals surface area contributed by atoms with Crippen LogP contribution in [0.3, 0.4) is 0 Å². The summed E-state index contributed by atoms with van der Waals surface area (Å²) in [6.07, 6.45) is 3.67. The molecule has 0 bridgehead atoms. The van der Waals surface area contributed by atoms with E-state index >= 15 is 0 Å². The summed E-state index contributed by atoms with van der Waals surface area (Å²) in [5, 5.41) is 3.27. The monoisotopic (exact) mass is 564 g/mol. The Kier molecular flexibility index (Phi) is 10.7. The van der Waals surface area contributed by atoms with Crippen molar-refractivity contribution in [1.82, 2.24) is 0 Å². The number of hydrogen-bond donors (Lipinski definition) is 0. The molecule has 0 heterocycles. The summed E-state index contributed by atoms with van der Waals surface area (Å²) in [7, 11) is 0. The highest BCUT2D eigenvalue weighted by molar-refractivity contribution is 6.11. The first-order valence-corrected chi connectivity index (χ1v) is 15.0. The van der Waals surface area contributed by atoms with Gasteiger partial charge in [0.1, 0.15) is 22.7 Å². The Labute approximate surface area is 245 Å². The van der Waals surface area contributed by atoms with Gasteiger partial charge >= 0.3 is 11.9 Å². The van der Waals surface area contributed by atoms with Gasteiger partial charge in [-0.05, 0) is 78.9 Å². The Hall–Kier alpha value is -3.28. The fraction of sp³-hybridized carbons (Fsp3) is 0.543. The summed E-state index contributed by atoms with van der Waals surface area (Å²) >= 11 is 0. The van der Waals surface area contributed by atoms with Gasteiger partial charge < -0.3 is 18.9 Å². The molecular formula is C35H48O6. The molecule has 0 saturated heterocycles. The number of hydrogen-bond acceptors (Lipinski definition) is 6. The summed E-state index contributed by atoms with van der Waals surface area (Å²) in [6, 6.07) is 14.1. The fourth-order valence-electron chi connectivity index (χ4n) is 4.75. The molecule has 2 unspecified atom stereocenters. The van der Waals surface area contributed by atoms with Crippen LogP contribution in [-0.2, 0) is 25.5 Å². The van der Waals surface area contributed by atoms with Crippen molar-refractivity contribution in [1.29, 1.82) is 0 Å². The molecule has 6 heteroatoms. The van der Waals surface area contributed by atoms with Gasteiger partial charge in [0, 0.05) is 21.5 Å². The zero-order valence-electron chi connectivity index (χ0n) is 26.4. The molecule has 3 aromatic rings. The van der Waals surface area contributed by atoms with Crippen molar-refractivity contribution in [2.75, 3.05) is 0 Å². The van der Waals surface area contributed by atoms with Crippen molar-refractivity contribution < 1.29 is 28.5 Å². The lowest BCUT2D eigenvalue weighted by Gasteiger charge is -2.27. The molecule has 6 nitrogen and oxygen atoms in total. The summed E-state index contributed by atoms with van der Waals surface area (Å²) in [6.45, 7) is 17.1. The van der Waals surface area contributed by atoms with E-state index in [2.05, 4.69) is 19.1 Å². The van der Waals surface area contributed by atoms with Gasteiger partial charge in [0.2, 0.25) is 0 Å². The lowest BCUT2D eigenvalue weighted by molar-refractivity contribution is -0.164. The van der Waals surface area contributed by atoms with Gasteiger partial charge in [-0.3, -0.25) is 0 Å². The topological polar surface area (TPSA) is 71.1 Å². The molecule has 3 aromatic carbocycles. The Morgan fingerprint density at radius 2 is 1.12 bits per heavy atom. The molecule has 41 heavy (non-hydrogen) atoms. The van der Waals surface area contributed by atoms with Crippen LogP contribution in [0.5, 0.6) is 11.5 Å². The number of esters is 2. The molecule has 2 atom stereocenters. The van der Waals surface area contributed by atoms with E-state index in [4.69, 9.17) is 18.9 Å². The second-order valence-corrected chi connectivity index (χ2v) is 12.6. The molecule has 0 aliphatic rings. The average Bonchev–Trinajstić information content (AvgIpc) is 2.88. The Morgan fingerprint density at radius 3 is 1.56 bits per heavy atom. The molecule has 0 aliphatic carbocycles. The minimum Gasteiger partial charge on any atom is -0.477 e. The quantitative estimate of drug-likeness (QED) is 0.124. The molecule has 0 amide bonds. The van der Waals surface area contributed by atoms with E-state index in [1.54, 1.807) is 0 Å². The fourth-order valence-corrected chi connectivity index (χ4v) is 4.75.